The summed E-state index contributed by atoms with van der Waals surface area (Å²) in [5.74, 6) is 4.31. The van der Waals surface area contributed by atoms with E-state index in [1.54, 1.807) is 0 Å². The summed E-state index contributed by atoms with van der Waals surface area (Å²) in [6, 6.07) is 3.33. The number of sulfone groups is 1. The number of aliphatic hydroxyl groups excluding tert-OH is 1. The van der Waals surface area contributed by atoms with Crippen molar-refractivity contribution in [3.63, 3.8) is 0 Å². The van der Waals surface area contributed by atoms with Gasteiger partial charge in [-0.25, -0.2) is 21.2 Å². The van der Waals surface area contributed by atoms with E-state index in [-0.39, 0.29) is 24.3 Å². The van der Waals surface area contributed by atoms with Gasteiger partial charge in [0.1, 0.15) is 5.82 Å². The maximum atomic E-state index is 13.5. The molecule has 0 saturated heterocycles. The van der Waals surface area contributed by atoms with Crippen LogP contribution >= 0.6 is 0 Å². The van der Waals surface area contributed by atoms with Crippen molar-refractivity contribution in [3.8, 4) is 11.8 Å². The maximum absolute atomic E-state index is 13.5. The van der Waals surface area contributed by atoms with E-state index in [1.165, 1.54) is 0 Å². The van der Waals surface area contributed by atoms with Crippen molar-refractivity contribution in [2.75, 3.05) is 22.7 Å². The van der Waals surface area contributed by atoms with Crippen LogP contribution < -0.4 is 4.72 Å². The van der Waals surface area contributed by atoms with E-state index in [0.29, 0.717) is 0 Å². The van der Waals surface area contributed by atoms with E-state index in [4.69, 9.17) is 5.11 Å². The third-order valence-corrected chi connectivity index (χ3v) is 5.57. The van der Waals surface area contributed by atoms with Gasteiger partial charge >= 0.3 is 0 Å². The molecule has 0 unspecified atom stereocenters. The number of sulfonamides is 1. The lowest BCUT2D eigenvalue weighted by Gasteiger charge is -2.07. The van der Waals surface area contributed by atoms with E-state index < -0.39 is 30.8 Å². The fourth-order valence-electron chi connectivity index (χ4n) is 1.39. The molecule has 0 spiro atoms. The number of nitrogens with one attached hydrogen (secondary N) is 1. The SMILES string of the molecule is CS(=O)(=O)CS(=O)(=O)Nc1ccc(F)c(C#CCCO)c1. The Morgan fingerprint density at radius 3 is 2.52 bits per heavy atom. The standard InChI is InChI=1S/C12H14FNO5S2/c1-20(16,17)9-21(18,19)14-11-5-6-12(13)10(8-11)4-2-3-7-15/h5-6,8,14-15H,3,7,9H2,1H3. The number of hydrogen-bond donors (Lipinski definition) is 2. The summed E-state index contributed by atoms with van der Waals surface area (Å²) in [7, 11) is -7.81. The average Bonchev–Trinajstić information content (AvgIpc) is 2.30. The number of anilines is 1. The third kappa shape index (κ3) is 6.57. The van der Waals surface area contributed by atoms with Crippen LogP contribution in [0.15, 0.2) is 18.2 Å². The largest absolute Gasteiger partial charge is 0.395 e. The Kier molecular flexibility index (Phi) is 5.71. The van der Waals surface area contributed by atoms with Gasteiger partial charge in [-0.2, -0.15) is 0 Å². The van der Waals surface area contributed by atoms with Gasteiger partial charge in [0.25, 0.3) is 0 Å². The number of halogens is 1. The maximum Gasteiger partial charge on any atom is 0.247 e. The number of rotatable bonds is 5. The van der Waals surface area contributed by atoms with Crippen LogP contribution in [0.2, 0.25) is 0 Å². The summed E-state index contributed by atoms with van der Waals surface area (Å²) < 4.78 is 60.8. The quantitative estimate of drug-likeness (QED) is 0.754. The molecule has 0 atom stereocenters. The molecule has 9 heteroatoms. The second-order valence-corrected chi connectivity index (χ2v) is 8.46. The highest BCUT2D eigenvalue weighted by Crippen LogP contribution is 2.15. The normalized spacial score (nSPS) is 11.6. The van der Waals surface area contributed by atoms with Crippen molar-refractivity contribution in [2.45, 2.75) is 6.42 Å². The molecule has 0 heterocycles. The zero-order valence-electron chi connectivity index (χ0n) is 11.1. The monoisotopic (exact) mass is 335 g/mol. The molecule has 1 aromatic rings. The summed E-state index contributed by atoms with van der Waals surface area (Å²) in [6.07, 6.45) is 0.951. The van der Waals surface area contributed by atoms with E-state index in [9.17, 15) is 21.2 Å². The molecule has 116 valence electrons. The van der Waals surface area contributed by atoms with Crippen LogP contribution in [-0.2, 0) is 19.9 Å². The van der Waals surface area contributed by atoms with E-state index in [0.717, 1.165) is 24.5 Å². The van der Waals surface area contributed by atoms with Crippen molar-refractivity contribution < 1.29 is 26.3 Å². The minimum Gasteiger partial charge on any atom is -0.395 e. The van der Waals surface area contributed by atoms with Crippen LogP contribution in [0.5, 0.6) is 0 Å². The number of hydrogen-bond acceptors (Lipinski definition) is 5. The third-order valence-electron chi connectivity index (χ3n) is 2.07. The molecule has 21 heavy (non-hydrogen) atoms. The second kappa shape index (κ2) is 6.89. The Morgan fingerprint density at radius 1 is 1.29 bits per heavy atom. The van der Waals surface area contributed by atoms with Gasteiger partial charge in [-0.15, -0.1) is 0 Å². The van der Waals surface area contributed by atoms with Gasteiger partial charge in [0.05, 0.1) is 12.2 Å². The molecule has 0 aliphatic heterocycles. The van der Waals surface area contributed by atoms with Crippen LogP contribution in [0.3, 0.4) is 0 Å². The van der Waals surface area contributed by atoms with Crippen molar-refractivity contribution in [1.29, 1.82) is 0 Å². The summed E-state index contributed by atoms with van der Waals surface area (Å²) in [4.78, 5) is 0. The highest BCUT2D eigenvalue weighted by molar-refractivity contribution is 8.08. The van der Waals surface area contributed by atoms with Gasteiger partial charge in [-0.1, -0.05) is 11.8 Å². The fourth-order valence-corrected chi connectivity index (χ4v) is 4.37. The Balaban J connectivity index is 3.01. The first-order chi connectivity index (χ1) is 9.63. The van der Waals surface area contributed by atoms with Gasteiger partial charge in [0.15, 0.2) is 14.9 Å². The summed E-state index contributed by atoms with van der Waals surface area (Å²) in [5.41, 5.74) is -0.0450. The van der Waals surface area contributed by atoms with Gasteiger partial charge in [0, 0.05) is 18.4 Å². The minimum absolute atomic E-state index is 0.00773. The van der Waals surface area contributed by atoms with E-state index >= 15 is 0 Å². The first kappa shape index (κ1) is 17.4. The molecular formula is C12H14FNO5S2. The molecule has 2 N–H and O–H groups in total. The smallest absolute Gasteiger partial charge is 0.247 e. The van der Waals surface area contributed by atoms with Crippen molar-refractivity contribution in [2.24, 2.45) is 0 Å². The number of benzene rings is 1. The number of aliphatic hydroxyl groups is 1. The zero-order valence-corrected chi connectivity index (χ0v) is 12.8. The molecule has 0 aliphatic rings. The predicted molar refractivity (Wildman–Crippen MR) is 77.2 cm³/mol. The predicted octanol–water partition coefficient (Wildman–Crippen LogP) is 0.303. The molecule has 0 bridgehead atoms. The van der Waals surface area contributed by atoms with Crippen molar-refractivity contribution >= 4 is 25.5 Å². The molecule has 1 rings (SSSR count). The summed E-state index contributed by atoms with van der Waals surface area (Å²) in [5, 5.41) is 7.52. The van der Waals surface area contributed by atoms with Gasteiger partial charge in [0.2, 0.25) is 10.0 Å². The van der Waals surface area contributed by atoms with Crippen LogP contribution in [0.4, 0.5) is 10.1 Å². The highest BCUT2D eigenvalue weighted by Gasteiger charge is 2.18. The van der Waals surface area contributed by atoms with Crippen LogP contribution in [0.25, 0.3) is 0 Å². The molecular weight excluding hydrogens is 321 g/mol. The molecule has 0 aromatic heterocycles. The van der Waals surface area contributed by atoms with Crippen molar-refractivity contribution in [1.82, 2.24) is 0 Å². The van der Waals surface area contributed by atoms with Crippen LogP contribution in [0.1, 0.15) is 12.0 Å². The Hall–Kier alpha value is -1.63. The first-order valence-corrected chi connectivity index (χ1v) is 9.42. The van der Waals surface area contributed by atoms with Gasteiger partial charge in [-0.05, 0) is 18.2 Å². The molecule has 6 nitrogen and oxygen atoms in total. The van der Waals surface area contributed by atoms with Gasteiger partial charge in [-0.3, -0.25) is 4.72 Å². The average molecular weight is 335 g/mol. The fraction of sp³-hybridized carbons (Fsp3) is 0.333. The highest BCUT2D eigenvalue weighted by atomic mass is 32.3. The lowest BCUT2D eigenvalue weighted by molar-refractivity contribution is 0.305. The molecule has 0 fully saturated rings. The van der Waals surface area contributed by atoms with Crippen LogP contribution in [-0.4, -0.2) is 39.9 Å². The molecule has 0 radical (unpaired) electrons. The van der Waals surface area contributed by atoms with Crippen LogP contribution in [0, 0.1) is 17.7 Å². The minimum atomic E-state index is -4.10. The lowest BCUT2D eigenvalue weighted by Crippen LogP contribution is -2.22. The van der Waals surface area contributed by atoms with E-state index in [1.807, 2.05) is 4.72 Å². The van der Waals surface area contributed by atoms with Gasteiger partial charge < -0.3 is 5.11 Å². The Labute approximate surface area is 123 Å². The topological polar surface area (TPSA) is 101 Å². The first-order valence-electron chi connectivity index (χ1n) is 5.70. The summed E-state index contributed by atoms with van der Waals surface area (Å²) >= 11 is 0. The lowest BCUT2D eigenvalue weighted by atomic mass is 10.2. The molecule has 0 saturated carbocycles. The zero-order chi connectivity index (χ0) is 16.1. The molecule has 0 amide bonds. The Bertz CT molecular complexity index is 776. The second-order valence-electron chi connectivity index (χ2n) is 4.23. The Morgan fingerprint density at radius 2 is 1.95 bits per heavy atom. The molecule has 1 aromatic carbocycles. The summed E-state index contributed by atoms with van der Waals surface area (Å²) in [6.45, 7) is -0.171. The van der Waals surface area contributed by atoms with E-state index in [2.05, 4.69) is 11.8 Å². The molecule has 0 aliphatic carbocycles. The van der Waals surface area contributed by atoms with Crippen molar-refractivity contribution in [3.05, 3.63) is 29.6 Å².